The topological polar surface area (TPSA) is 42.7 Å². The number of pyridine rings is 1. The van der Waals surface area contributed by atoms with Crippen molar-refractivity contribution in [3.63, 3.8) is 0 Å². The molecule has 17 heavy (non-hydrogen) atoms. The Hall–Kier alpha value is -1.68. The Kier molecular flexibility index (Phi) is 3.88. The average molecular weight is 230 g/mol. The van der Waals surface area contributed by atoms with Crippen LogP contribution >= 0.6 is 0 Å². The first kappa shape index (κ1) is 11.8. The molecule has 0 spiro atoms. The van der Waals surface area contributed by atoms with E-state index in [1.807, 2.05) is 35.4 Å². The van der Waals surface area contributed by atoms with Crippen molar-refractivity contribution in [2.75, 3.05) is 0 Å². The summed E-state index contributed by atoms with van der Waals surface area (Å²) >= 11 is 0. The van der Waals surface area contributed by atoms with Gasteiger partial charge in [0, 0.05) is 43.3 Å². The van der Waals surface area contributed by atoms with Crippen molar-refractivity contribution in [3.05, 3.63) is 48.0 Å². The van der Waals surface area contributed by atoms with Gasteiger partial charge in [-0.25, -0.2) is 0 Å². The summed E-state index contributed by atoms with van der Waals surface area (Å²) in [7, 11) is 0. The summed E-state index contributed by atoms with van der Waals surface area (Å²) in [5.74, 6) is 0. The second-order valence-electron chi connectivity index (χ2n) is 4.09. The van der Waals surface area contributed by atoms with Gasteiger partial charge in [-0.15, -0.1) is 0 Å². The highest BCUT2D eigenvalue weighted by Gasteiger charge is 2.04. The maximum Gasteiger partial charge on any atom is 0.0534 e. The molecule has 0 saturated heterocycles. The fourth-order valence-electron chi connectivity index (χ4n) is 1.71. The molecule has 0 saturated carbocycles. The summed E-state index contributed by atoms with van der Waals surface area (Å²) in [6, 6.07) is 4.39. The van der Waals surface area contributed by atoms with E-state index in [-0.39, 0.29) is 0 Å². The normalized spacial score (nSPS) is 12.6. The van der Waals surface area contributed by atoms with Gasteiger partial charge in [0.15, 0.2) is 0 Å². The maximum atomic E-state index is 4.25. The minimum Gasteiger partial charge on any atom is -0.306 e. The molecule has 0 aromatic carbocycles. The SMILES string of the molecule is CCn1cc(CN[C@@H](C)c2ccncc2)cn1. The molecule has 0 aliphatic rings. The van der Waals surface area contributed by atoms with E-state index >= 15 is 0 Å². The van der Waals surface area contributed by atoms with Crippen molar-refractivity contribution in [3.8, 4) is 0 Å². The second kappa shape index (κ2) is 5.59. The van der Waals surface area contributed by atoms with Crippen molar-refractivity contribution >= 4 is 0 Å². The van der Waals surface area contributed by atoms with Gasteiger partial charge in [-0.3, -0.25) is 9.67 Å². The molecule has 2 rings (SSSR count). The third-order valence-corrected chi connectivity index (χ3v) is 2.83. The number of aromatic nitrogens is 3. The van der Waals surface area contributed by atoms with Crippen molar-refractivity contribution < 1.29 is 0 Å². The summed E-state index contributed by atoms with van der Waals surface area (Å²) in [6.45, 7) is 5.99. The Morgan fingerprint density at radius 2 is 2.12 bits per heavy atom. The molecule has 0 aliphatic carbocycles. The van der Waals surface area contributed by atoms with Crippen LogP contribution in [0.4, 0.5) is 0 Å². The van der Waals surface area contributed by atoms with E-state index < -0.39 is 0 Å². The van der Waals surface area contributed by atoms with E-state index in [9.17, 15) is 0 Å². The van der Waals surface area contributed by atoms with Crippen LogP contribution in [0.2, 0.25) is 0 Å². The quantitative estimate of drug-likeness (QED) is 0.855. The lowest BCUT2D eigenvalue weighted by Crippen LogP contribution is -2.17. The van der Waals surface area contributed by atoms with Crippen LogP contribution in [0.3, 0.4) is 0 Å². The van der Waals surface area contributed by atoms with E-state index in [4.69, 9.17) is 0 Å². The van der Waals surface area contributed by atoms with Crippen LogP contribution in [0.15, 0.2) is 36.9 Å². The molecule has 1 N–H and O–H groups in total. The Morgan fingerprint density at radius 1 is 1.35 bits per heavy atom. The Labute approximate surface area is 102 Å². The zero-order valence-electron chi connectivity index (χ0n) is 10.3. The van der Waals surface area contributed by atoms with Crippen LogP contribution in [0.25, 0.3) is 0 Å². The summed E-state index contributed by atoms with van der Waals surface area (Å²) in [4.78, 5) is 4.02. The van der Waals surface area contributed by atoms with Gasteiger partial charge in [-0.1, -0.05) is 0 Å². The van der Waals surface area contributed by atoms with Crippen molar-refractivity contribution in [2.24, 2.45) is 0 Å². The number of nitrogens with zero attached hydrogens (tertiary/aromatic N) is 3. The lowest BCUT2D eigenvalue weighted by atomic mass is 10.1. The Bertz CT molecular complexity index is 449. The zero-order valence-corrected chi connectivity index (χ0v) is 10.3. The number of hydrogen-bond donors (Lipinski definition) is 1. The van der Waals surface area contributed by atoms with Crippen LogP contribution in [0.1, 0.15) is 31.0 Å². The van der Waals surface area contributed by atoms with E-state index in [0.29, 0.717) is 6.04 Å². The smallest absolute Gasteiger partial charge is 0.0534 e. The van der Waals surface area contributed by atoms with Crippen molar-refractivity contribution in [2.45, 2.75) is 33.0 Å². The standard InChI is InChI=1S/C13H18N4/c1-3-17-10-12(9-16-17)8-15-11(2)13-4-6-14-7-5-13/h4-7,9-11,15H,3,8H2,1-2H3/t11-/m0/s1. The molecular formula is C13H18N4. The zero-order chi connectivity index (χ0) is 12.1. The lowest BCUT2D eigenvalue weighted by Gasteiger charge is -2.12. The van der Waals surface area contributed by atoms with Crippen LogP contribution in [-0.4, -0.2) is 14.8 Å². The largest absolute Gasteiger partial charge is 0.306 e. The molecule has 0 radical (unpaired) electrons. The van der Waals surface area contributed by atoms with Crippen molar-refractivity contribution in [1.29, 1.82) is 0 Å². The van der Waals surface area contributed by atoms with Crippen LogP contribution in [-0.2, 0) is 13.1 Å². The van der Waals surface area contributed by atoms with Crippen LogP contribution in [0.5, 0.6) is 0 Å². The number of nitrogens with one attached hydrogen (secondary N) is 1. The van der Waals surface area contributed by atoms with E-state index in [2.05, 4.69) is 35.4 Å². The van der Waals surface area contributed by atoms with Gasteiger partial charge in [-0.05, 0) is 31.5 Å². The van der Waals surface area contributed by atoms with E-state index in [1.54, 1.807) is 0 Å². The van der Waals surface area contributed by atoms with E-state index in [0.717, 1.165) is 13.1 Å². The first-order chi connectivity index (χ1) is 8.29. The van der Waals surface area contributed by atoms with Crippen LogP contribution in [0, 0.1) is 0 Å². The summed E-state index contributed by atoms with van der Waals surface area (Å²) < 4.78 is 1.94. The summed E-state index contributed by atoms with van der Waals surface area (Å²) in [6.07, 6.45) is 7.63. The molecule has 2 aromatic heterocycles. The Morgan fingerprint density at radius 3 is 2.76 bits per heavy atom. The monoisotopic (exact) mass is 230 g/mol. The molecule has 0 aliphatic heterocycles. The first-order valence-corrected chi connectivity index (χ1v) is 5.94. The molecule has 0 bridgehead atoms. The summed E-state index contributed by atoms with van der Waals surface area (Å²) in [5.41, 5.74) is 2.47. The van der Waals surface area contributed by atoms with Gasteiger partial charge < -0.3 is 5.32 Å². The fourth-order valence-corrected chi connectivity index (χ4v) is 1.71. The fraction of sp³-hybridized carbons (Fsp3) is 0.385. The molecule has 0 amide bonds. The van der Waals surface area contributed by atoms with Crippen LogP contribution < -0.4 is 5.32 Å². The van der Waals surface area contributed by atoms with Gasteiger partial charge in [-0.2, -0.15) is 5.10 Å². The first-order valence-electron chi connectivity index (χ1n) is 5.94. The lowest BCUT2D eigenvalue weighted by molar-refractivity contribution is 0.573. The third-order valence-electron chi connectivity index (χ3n) is 2.83. The number of rotatable bonds is 5. The third kappa shape index (κ3) is 3.14. The van der Waals surface area contributed by atoms with E-state index in [1.165, 1.54) is 11.1 Å². The summed E-state index contributed by atoms with van der Waals surface area (Å²) in [5, 5.41) is 7.72. The number of hydrogen-bond acceptors (Lipinski definition) is 3. The van der Waals surface area contributed by atoms with Gasteiger partial charge in [0.1, 0.15) is 0 Å². The molecule has 90 valence electrons. The van der Waals surface area contributed by atoms with Gasteiger partial charge in [0.05, 0.1) is 6.20 Å². The molecule has 0 unspecified atom stereocenters. The van der Waals surface area contributed by atoms with Gasteiger partial charge >= 0.3 is 0 Å². The highest BCUT2D eigenvalue weighted by molar-refractivity contribution is 5.14. The minimum absolute atomic E-state index is 0.322. The molecule has 1 atom stereocenters. The van der Waals surface area contributed by atoms with Gasteiger partial charge in [0.2, 0.25) is 0 Å². The molecule has 4 nitrogen and oxygen atoms in total. The number of aryl methyl sites for hydroxylation is 1. The minimum atomic E-state index is 0.322. The molecule has 0 fully saturated rings. The predicted molar refractivity (Wildman–Crippen MR) is 67.4 cm³/mol. The highest BCUT2D eigenvalue weighted by atomic mass is 15.3. The molecule has 2 aromatic rings. The van der Waals surface area contributed by atoms with Gasteiger partial charge in [0.25, 0.3) is 0 Å². The predicted octanol–water partition coefficient (Wildman–Crippen LogP) is 2.15. The average Bonchev–Trinajstić information content (AvgIpc) is 2.85. The molecule has 2 heterocycles. The molecule has 4 heteroatoms. The Balaban J connectivity index is 1.90. The highest BCUT2D eigenvalue weighted by Crippen LogP contribution is 2.11. The maximum absolute atomic E-state index is 4.25. The molecular weight excluding hydrogens is 212 g/mol. The van der Waals surface area contributed by atoms with Crippen molar-refractivity contribution in [1.82, 2.24) is 20.1 Å². The second-order valence-corrected chi connectivity index (χ2v) is 4.09.